The Hall–Kier alpha value is -3.35. The fraction of sp³-hybridized carbons (Fsp3) is 0.200. The van der Waals surface area contributed by atoms with Gasteiger partial charge in [0.15, 0.2) is 5.78 Å². The topological polar surface area (TPSA) is 76.9 Å². The van der Waals surface area contributed by atoms with Crippen molar-refractivity contribution < 1.29 is 9.18 Å². The number of aromatic nitrogens is 3. The minimum Gasteiger partial charge on any atom is -0.349 e. The Morgan fingerprint density at radius 1 is 1.22 bits per heavy atom. The molecule has 0 saturated carbocycles. The first-order valence-corrected chi connectivity index (χ1v) is 8.49. The van der Waals surface area contributed by atoms with E-state index in [4.69, 9.17) is 0 Å². The molecule has 3 rings (SSSR count). The molecule has 0 amide bonds. The minimum atomic E-state index is -0.451. The highest BCUT2D eigenvalue weighted by atomic mass is 19.1. The van der Waals surface area contributed by atoms with Crippen molar-refractivity contribution in [3.05, 3.63) is 70.5 Å². The van der Waals surface area contributed by atoms with Gasteiger partial charge in [-0.3, -0.25) is 14.6 Å². The number of carbonyl (C=O) groups is 1. The summed E-state index contributed by atoms with van der Waals surface area (Å²) in [6, 6.07) is 8.99. The molecule has 0 aliphatic rings. The third-order valence-corrected chi connectivity index (χ3v) is 3.99. The lowest BCUT2D eigenvalue weighted by Gasteiger charge is -2.18. The molecule has 0 aliphatic heterocycles. The maximum atomic E-state index is 13.8. The monoisotopic (exact) mass is 366 g/mol. The summed E-state index contributed by atoms with van der Waals surface area (Å²) < 4.78 is 15.0. The average Bonchev–Trinajstić information content (AvgIpc) is 2.63. The van der Waals surface area contributed by atoms with Gasteiger partial charge in [0.1, 0.15) is 17.2 Å². The summed E-state index contributed by atoms with van der Waals surface area (Å²) >= 11 is 0. The molecule has 0 unspecified atom stereocenters. The first-order valence-electron chi connectivity index (χ1n) is 8.49. The van der Waals surface area contributed by atoms with Crippen LogP contribution in [0.25, 0.3) is 11.3 Å². The molecule has 7 heteroatoms. The van der Waals surface area contributed by atoms with E-state index in [9.17, 15) is 14.0 Å². The van der Waals surface area contributed by atoms with Gasteiger partial charge in [0.2, 0.25) is 0 Å². The summed E-state index contributed by atoms with van der Waals surface area (Å²) in [5.41, 5.74) is 1.01. The van der Waals surface area contributed by atoms with Gasteiger partial charge in [0, 0.05) is 11.8 Å². The molecule has 138 valence electrons. The van der Waals surface area contributed by atoms with Crippen LogP contribution in [0.5, 0.6) is 0 Å². The van der Waals surface area contributed by atoms with Crippen LogP contribution in [0.15, 0.2) is 53.6 Å². The number of Topliss-reactive ketones (excluding diaryl/α,β-unsaturated/α-hetero) is 1. The summed E-state index contributed by atoms with van der Waals surface area (Å²) in [4.78, 5) is 29.4. The molecule has 27 heavy (non-hydrogen) atoms. The Morgan fingerprint density at radius 3 is 2.59 bits per heavy atom. The van der Waals surface area contributed by atoms with Crippen molar-refractivity contribution in [2.45, 2.75) is 26.8 Å². The number of anilines is 2. The molecule has 0 aliphatic carbocycles. The van der Waals surface area contributed by atoms with Gasteiger partial charge in [0.05, 0.1) is 23.5 Å². The number of halogens is 1. The van der Waals surface area contributed by atoms with E-state index in [2.05, 4.69) is 15.4 Å². The van der Waals surface area contributed by atoms with Crippen molar-refractivity contribution in [3.63, 3.8) is 0 Å². The van der Waals surface area contributed by atoms with Gasteiger partial charge in [-0.25, -0.2) is 9.07 Å². The third kappa shape index (κ3) is 3.76. The SMILES string of the molecule is CC(=O)c1c(-c2cccc(F)c2)nn(C(C)C)c(=O)c1Nc1cccnc1. The summed E-state index contributed by atoms with van der Waals surface area (Å²) in [6.45, 7) is 4.98. The highest BCUT2D eigenvalue weighted by molar-refractivity contribution is 6.05. The van der Waals surface area contributed by atoms with Gasteiger partial charge in [-0.05, 0) is 45.0 Å². The van der Waals surface area contributed by atoms with Crippen LogP contribution >= 0.6 is 0 Å². The van der Waals surface area contributed by atoms with Gasteiger partial charge >= 0.3 is 0 Å². The van der Waals surface area contributed by atoms with Gasteiger partial charge < -0.3 is 5.32 Å². The zero-order chi connectivity index (χ0) is 19.6. The van der Waals surface area contributed by atoms with Crippen LogP contribution in [0.2, 0.25) is 0 Å². The summed E-state index contributed by atoms with van der Waals surface area (Å²) in [5, 5.41) is 7.36. The van der Waals surface area contributed by atoms with Crippen molar-refractivity contribution in [2.75, 3.05) is 5.32 Å². The fourth-order valence-electron chi connectivity index (χ4n) is 2.77. The molecule has 0 saturated heterocycles. The zero-order valence-corrected chi connectivity index (χ0v) is 15.2. The number of nitrogens with zero attached hydrogens (tertiary/aromatic N) is 3. The number of ketones is 1. The number of hydrogen-bond acceptors (Lipinski definition) is 5. The van der Waals surface area contributed by atoms with Gasteiger partial charge in [-0.15, -0.1) is 0 Å². The normalized spacial score (nSPS) is 10.9. The largest absolute Gasteiger partial charge is 0.349 e. The van der Waals surface area contributed by atoms with Gasteiger partial charge in [0.25, 0.3) is 5.56 Å². The van der Waals surface area contributed by atoms with E-state index in [1.54, 1.807) is 30.6 Å². The van der Waals surface area contributed by atoms with Crippen LogP contribution in [-0.2, 0) is 0 Å². The number of hydrogen-bond donors (Lipinski definition) is 1. The summed E-state index contributed by atoms with van der Waals surface area (Å²) in [7, 11) is 0. The molecular formula is C20H19FN4O2. The van der Waals surface area contributed by atoms with Crippen molar-refractivity contribution in [1.82, 2.24) is 14.8 Å². The predicted molar refractivity (Wildman–Crippen MR) is 102 cm³/mol. The lowest BCUT2D eigenvalue weighted by atomic mass is 10.0. The lowest BCUT2D eigenvalue weighted by Crippen LogP contribution is -2.30. The second-order valence-electron chi connectivity index (χ2n) is 6.38. The standard InChI is InChI=1S/C20H19FN4O2/c1-12(2)25-20(27)19(23-16-8-5-9-22-11-16)17(13(3)26)18(24-25)14-6-4-7-15(21)10-14/h4-12,23H,1-3H3. The second-order valence-corrected chi connectivity index (χ2v) is 6.38. The predicted octanol–water partition coefficient (Wildman–Crippen LogP) is 3.97. The molecule has 0 spiro atoms. The Balaban J connectivity index is 2.33. The Labute approximate surface area is 155 Å². The van der Waals surface area contributed by atoms with Crippen LogP contribution < -0.4 is 10.9 Å². The summed E-state index contributed by atoms with van der Waals surface area (Å²) in [6.07, 6.45) is 3.15. The zero-order valence-electron chi connectivity index (χ0n) is 15.2. The number of nitrogens with one attached hydrogen (secondary N) is 1. The molecule has 0 radical (unpaired) electrons. The number of benzene rings is 1. The molecule has 2 heterocycles. The minimum absolute atomic E-state index is 0.0958. The number of pyridine rings is 1. The van der Waals surface area contributed by atoms with E-state index in [0.29, 0.717) is 11.3 Å². The van der Waals surface area contributed by atoms with Crippen molar-refractivity contribution in [2.24, 2.45) is 0 Å². The maximum Gasteiger partial charge on any atom is 0.291 e. The molecule has 2 aromatic heterocycles. The van der Waals surface area contributed by atoms with E-state index in [1.165, 1.54) is 29.8 Å². The van der Waals surface area contributed by atoms with E-state index < -0.39 is 11.4 Å². The summed E-state index contributed by atoms with van der Waals surface area (Å²) in [5.74, 6) is -0.797. The highest BCUT2D eigenvalue weighted by Crippen LogP contribution is 2.28. The second kappa shape index (κ2) is 7.49. The Kier molecular flexibility index (Phi) is 5.12. The molecule has 1 N–H and O–H groups in total. The van der Waals surface area contributed by atoms with Gasteiger partial charge in [-0.1, -0.05) is 12.1 Å². The average molecular weight is 366 g/mol. The third-order valence-electron chi connectivity index (χ3n) is 3.99. The van der Waals surface area contributed by atoms with Crippen LogP contribution in [0.3, 0.4) is 0 Å². The van der Waals surface area contributed by atoms with Crippen molar-refractivity contribution in [1.29, 1.82) is 0 Å². The molecule has 0 bridgehead atoms. The molecule has 3 aromatic rings. The Bertz CT molecular complexity index is 1050. The van der Waals surface area contributed by atoms with Crippen molar-refractivity contribution >= 4 is 17.2 Å². The molecule has 0 atom stereocenters. The van der Waals surface area contributed by atoms with E-state index >= 15 is 0 Å². The molecule has 0 fully saturated rings. The Morgan fingerprint density at radius 2 is 2.00 bits per heavy atom. The lowest BCUT2D eigenvalue weighted by molar-refractivity contribution is 0.101. The van der Waals surface area contributed by atoms with Crippen LogP contribution in [-0.4, -0.2) is 20.5 Å². The number of carbonyl (C=O) groups excluding carboxylic acids is 1. The molecule has 1 aromatic carbocycles. The number of rotatable bonds is 5. The smallest absolute Gasteiger partial charge is 0.291 e. The van der Waals surface area contributed by atoms with E-state index in [1.807, 2.05) is 13.8 Å². The molecule has 6 nitrogen and oxygen atoms in total. The fourth-order valence-corrected chi connectivity index (χ4v) is 2.77. The van der Waals surface area contributed by atoms with Gasteiger partial charge in [-0.2, -0.15) is 5.10 Å². The van der Waals surface area contributed by atoms with E-state index in [0.717, 1.165) is 0 Å². The van der Waals surface area contributed by atoms with E-state index in [-0.39, 0.29) is 28.8 Å². The van der Waals surface area contributed by atoms with Crippen LogP contribution in [0.1, 0.15) is 37.2 Å². The highest BCUT2D eigenvalue weighted by Gasteiger charge is 2.23. The first kappa shape index (κ1) is 18.4. The first-order chi connectivity index (χ1) is 12.9. The molecular weight excluding hydrogens is 347 g/mol. The van der Waals surface area contributed by atoms with Crippen LogP contribution in [0.4, 0.5) is 15.8 Å². The maximum absolute atomic E-state index is 13.8. The van der Waals surface area contributed by atoms with Crippen LogP contribution in [0, 0.1) is 5.82 Å². The van der Waals surface area contributed by atoms with Crippen molar-refractivity contribution in [3.8, 4) is 11.3 Å². The quantitative estimate of drug-likeness (QED) is 0.692.